The fourth-order valence-corrected chi connectivity index (χ4v) is 2.21. The lowest BCUT2D eigenvalue weighted by Gasteiger charge is -2.20. The second-order valence-electron chi connectivity index (χ2n) is 3.06. The summed E-state index contributed by atoms with van der Waals surface area (Å²) in [5, 5.41) is 3.18. The van der Waals surface area contributed by atoms with E-state index in [1.54, 1.807) is 11.3 Å². The Morgan fingerprint density at radius 1 is 1.69 bits per heavy atom. The zero-order chi connectivity index (χ0) is 9.84. The molecule has 1 aromatic rings. The van der Waals surface area contributed by atoms with E-state index in [-0.39, 0.29) is 0 Å². The van der Waals surface area contributed by atoms with Crippen LogP contribution in [0.3, 0.4) is 0 Å². The Hall–Kier alpha value is -0.120. The van der Waals surface area contributed by atoms with Crippen LogP contribution in [-0.4, -0.2) is 23.5 Å². The molecule has 1 rings (SSSR count). The lowest BCUT2D eigenvalue weighted by Crippen LogP contribution is -2.21. The Morgan fingerprint density at radius 3 is 2.85 bits per heavy atom. The van der Waals surface area contributed by atoms with E-state index >= 15 is 0 Å². The van der Waals surface area contributed by atoms with E-state index < -0.39 is 0 Å². The van der Waals surface area contributed by atoms with Gasteiger partial charge in [0.15, 0.2) is 0 Å². The van der Waals surface area contributed by atoms with Crippen molar-refractivity contribution in [2.75, 3.05) is 13.6 Å². The first kappa shape index (κ1) is 11.0. The number of hydrogen-bond donors (Lipinski definition) is 0. The Labute approximate surface area is 88.5 Å². The van der Waals surface area contributed by atoms with E-state index in [0.29, 0.717) is 11.9 Å². The van der Waals surface area contributed by atoms with Gasteiger partial charge in [0, 0.05) is 5.38 Å². The number of hydrogen-bond acceptors (Lipinski definition) is 3. The maximum absolute atomic E-state index is 5.69. The van der Waals surface area contributed by atoms with Crippen molar-refractivity contribution in [1.29, 1.82) is 0 Å². The molecule has 2 nitrogen and oxygen atoms in total. The zero-order valence-corrected chi connectivity index (χ0v) is 9.82. The summed E-state index contributed by atoms with van der Waals surface area (Å²) in [4.78, 5) is 6.70. The molecule has 0 aromatic carbocycles. The third-order valence-corrected chi connectivity index (χ3v) is 3.56. The minimum atomic E-state index is 0.395. The summed E-state index contributed by atoms with van der Waals surface area (Å²) < 4.78 is 0. The van der Waals surface area contributed by atoms with Gasteiger partial charge in [-0.1, -0.05) is 6.92 Å². The van der Waals surface area contributed by atoms with Gasteiger partial charge in [0.25, 0.3) is 0 Å². The molecule has 1 unspecified atom stereocenters. The van der Waals surface area contributed by atoms with Crippen molar-refractivity contribution in [3.63, 3.8) is 0 Å². The molecule has 0 amide bonds. The average Bonchev–Trinajstić information content (AvgIpc) is 2.63. The Kier molecular flexibility index (Phi) is 4.16. The van der Waals surface area contributed by atoms with Crippen LogP contribution in [0.5, 0.6) is 0 Å². The SMILES string of the molecule is CCN(C)C(C)c1nc(CCl)cs1. The highest BCUT2D eigenvalue weighted by Crippen LogP contribution is 2.22. The first-order valence-electron chi connectivity index (χ1n) is 4.39. The molecule has 0 radical (unpaired) electrons. The minimum Gasteiger partial charge on any atom is -0.298 e. The lowest BCUT2D eigenvalue weighted by molar-refractivity contribution is 0.275. The van der Waals surface area contributed by atoms with Gasteiger partial charge in [-0.25, -0.2) is 4.98 Å². The first-order valence-corrected chi connectivity index (χ1v) is 5.81. The van der Waals surface area contributed by atoms with Crippen LogP contribution >= 0.6 is 22.9 Å². The van der Waals surface area contributed by atoms with Gasteiger partial charge in [-0.15, -0.1) is 22.9 Å². The third-order valence-electron chi connectivity index (χ3n) is 2.22. The van der Waals surface area contributed by atoms with Crippen LogP contribution in [0.25, 0.3) is 0 Å². The van der Waals surface area contributed by atoms with Crippen LogP contribution in [0, 0.1) is 0 Å². The molecular weight excluding hydrogens is 204 g/mol. The summed E-state index contributed by atoms with van der Waals surface area (Å²) >= 11 is 7.38. The fourth-order valence-electron chi connectivity index (χ4n) is 1.04. The van der Waals surface area contributed by atoms with Crippen molar-refractivity contribution in [1.82, 2.24) is 9.88 Å². The van der Waals surface area contributed by atoms with Crippen LogP contribution in [-0.2, 0) is 5.88 Å². The van der Waals surface area contributed by atoms with Crippen molar-refractivity contribution in [3.8, 4) is 0 Å². The second kappa shape index (κ2) is 4.94. The lowest BCUT2D eigenvalue weighted by atomic mass is 10.3. The van der Waals surface area contributed by atoms with Gasteiger partial charge in [0.2, 0.25) is 0 Å². The van der Waals surface area contributed by atoms with E-state index in [4.69, 9.17) is 11.6 Å². The van der Waals surface area contributed by atoms with Gasteiger partial charge in [-0.05, 0) is 20.5 Å². The molecule has 0 fully saturated rings. The normalized spacial score (nSPS) is 13.6. The largest absolute Gasteiger partial charge is 0.298 e. The van der Waals surface area contributed by atoms with E-state index in [1.165, 1.54) is 0 Å². The van der Waals surface area contributed by atoms with Crippen LogP contribution in [0.1, 0.15) is 30.6 Å². The molecule has 0 saturated carbocycles. The molecular formula is C9H15ClN2S. The van der Waals surface area contributed by atoms with Gasteiger partial charge in [0.1, 0.15) is 5.01 Å². The number of halogens is 1. The molecule has 74 valence electrons. The summed E-state index contributed by atoms with van der Waals surface area (Å²) in [5.74, 6) is 0.513. The van der Waals surface area contributed by atoms with E-state index in [1.807, 2.05) is 5.38 Å². The summed E-state index contributed by atoms with van der Waals surface area (Å²) in [5.41, 5.74) is 0.984. The Morgan fingerprint density at radius 2 is 2.38 bits per heavy atom. The van der Waals surface area contributed by atoms with Crippen molar-refractivity contribution >= 4 is 22.9 Å². The summed E-state index contributed by atoms with van der Waals surface area (Å²) in [6, 6.07) is 0.395. The summed E-state index contributed by atoms with van der Waals surface area (Å²) in [6.45, 7) is 5.35. The minimum absolute atomic E-state index is 0.395. The number of thiazole rings is 1. The molecule has 0 N–H and O–H groups in total. The predicted molar refractivity (Wildman–Crippen MR) is 58.4 cm³/mol. The molecule has 0 aliphatic rings. The first-order chi connectivity index (χ1) is 6.19. The van der Waals surface area contributed by atoms with Crippen LogP contribution < -0.4 is 0 Å². The fraction of sp³-hybridized carbons (Fsp3) is 0.667. The molecule has 0 aliphatic carbocycles. The molecule has 4 heteroatoms. The quantitative estimate of drug-likeness (QED) is 0.723. The number of alkyl halides is 1. The summed E-state index contributed by atoms with van der Waals surface area (Å²) in [7, 11) is 2.10. The van der Waals surface area contributed by atoms with E-state index in [9.17, 15) is 0 Å². The van der Waals surface area contributed by atoms with Gasteiger partial charge in [-0.2, -0.15) is 0 Å². The number of nitrogens with zero attached hydrogens (tertiary/aromatic N) is 2. The van der Waals surface area contributed by atoms with Gasteiger partial charge in [0.05, 0.1) is 17.6 Å². The highest BCUT2D eigenvalue weighted by atomic mass is 35.5. The number of rotatable bonds is 4. The zero-order valence-electron chi connectivity index (χ0n) is 8.25. The Bertz CT molecular complexity index is 262. The van der Waals surface area contributed by atoms with Gasteiger partial charge < -0.3 is 0 Å². The standard InChI is InChI=1S/C9H15ClN2S/c1-4-12(3)7(2)9-11-8(5-10)6-13-9/h6-7H,4-5H2,1-3H3. The second-order valence-corrected chi connectivity index (χ2v) is 4.22. The molecule has 0 spiro atoms. The van der Waals surface area contributed by atoms with Crippen LogP contribution in [0.2, 0.25) is 0 Å². The molecule has 0 saturated heterocycles. The molecule has 1 heterocycles. The monoisotopic (exact) mass is 218 g/mol. The predicted octanol–water partition coefficient (Wildman–Crippen LogP) is 2.89. The number of aromatic nitrogens is 1. The highest BCUT2D eigenvalue weighted by molar-refractivity contribution is 7.09. The molecule has 0 aliphatic heterocycles. The van der Waals surface area contributed by atoms with Crippen molar-refractivity contribution in [2.24, 2.45) is 0 Å². The summed E-state index contributed by atoms with van der Waals surface area (Å²) in [6.07, 6.45) is 0. The van der Waals surface area contributed by atoms with Crippen molar-refractivity contribution in [2.45, 2.75) is 25.8 Å². The van der Waals surface area contributed by atoms with Crippen molar-refractivity contribution < 1.29 is 0 Å². The molecule has 0 bridgehead atoms. The topological polar surface area (TPSA) is 16.1 Å². The molecule has 13 heavy (non-hydrogen) atoms. The molecule has 1 atom stereocenters. The molecule has 1 aromatic heterocycles. The van der Waals surface area contributed by atoms with E-state index in [0.717, 1.165) is 17.2 Å². The maximum atomic E-state index is 5.69. The average molecular weight is 219 g/mol. The van der Waals surface area contributed by atoms with Gasteiger partial charge >= 0.3 is 0 Å². The van der Waals surface area contributed by atoms with Crippen LogP contribution in [0.15, 0.2) is 5.38 Å². The smallest absolute Gasteiger partial charge is 0.110 e. The highest BCUT2D eigenvalue weighted by Gasteiger charge is 2.13. The Balaban J connectivity index is 2.70. The van der Waals surface area contributed by atoms with Gasteiger partial charge in [-0.3, -0.25) is 4.90 Å². The third kappa shape index (κ3) is 2.66. The van der Waals surface area contributed by atoms with Crippen LogP contribution in [0.4, 0.5) is 0 Å². The van der Waals surface area contributed by atoms with E-state index in [2.05, 4.69) is 30.8 Å². The van der Waals surface area contributed by atoms with Crippen molar-refractivity contribution in [3.05, 3.63) is 16.1 Å². The maximum Gasteiger partial charge on any atom is 0.110 e.